The number of pyridine rings is 2. The molecule has 25 heteroatoms. The maximum absolute atomic E-state index is 14.3. The highest BCUT2D eigenvalue weighted by molar-refractivity contribution is 7.84. The van der Waals surface area contributed by atoms with Crippen LogP contribution < -0.4 is 25.6 Å². The number of carbonyl (C=O) groups is 2. The molecule has 0 bridgehead atoms. The second kappa shape index (κ2) is 39.1. The van der Waals surface area contributed by atoms with Gasteiger partial charge in [-0.1, -0.05) is 215 Å². The number of hydrazine groups is 1. The van der Waals surface area contributed by atoms with Gasteiger partial charge < -0.3 is 28.8 Å². The second-order valence-corrected chi connectivity index (χ2v) is 44.7. The molecule has 2 amide bonds. The highest BCUT2D eigenvalue weighted by Gasteiger charge is 2.62. The molecule has 7 unspecified atom stereocenters. The number of thiazole rings is 1. The number of nitrogens with two attached hydrogens (primary N) is 1. The predicted molar refractivity (Wildman–Crippen MR) is 496 cm³/mol. The first-order chi connectivity index (χ1) is 57.9. The first-order valence-electron chi connectivity index (χ1n) is 44.1. The van der Waals surface area contributed by atoms with Gasteiger partial charge in [-0.2, -0.15) is 0 Å². The van der Waals surface area contributed by atoms with Crippen LogP contribution in [0.2, 0.25) is 0 Å². The van der Waals surface area contributed by atoms with Gasteiger partial charge in [0.2, 0.25) is 5.91 Å². The number of primary amides is 1. The zero-order valence-electron chi connectivity index (χ0n) is 78.6. The van der Waals surface area contributed by atoms with Gasteiger partial charge in [-0.25, -0.2) is 32.5 Å². The molecule has 3 N–H and O–H groups in total. The van der Waals surface area contributed by atoms with E-state index in [1.165, 1.54) is 79.3 Å². The van der Waals surface area contributed by atoms with E-state index in [1.54, 1.807) is 57.6 Å². The van der Waals surface area contributed by atoms with Crippen molar-refractivity contribution in [2.75, 3.05) is 11.3 Å². The van der Waals surface area contributed by atoms with Crippen molar-refractivity contribution >= 4 is 61.7 Å². The van der Waals surface area contributed by atoms with Crippen LogP contribution in [0.5, 0.6) is 11.5 Å². The Bertz CT molecular complexity index is 5450. The van der Waals surface area contributed by atoms with E-state index in [2.05, 4.69) is 183 Å². The highest BCUT2D eigenvalue weighted by atomic mass is 32.2. The number of halogens is 6. The minimum Gasteiger partial charge on any atom is -0.395 e. The van der Waals surface area contributed by atoms with E-state index in [4.69, 9.17) is 19.8 Å². The number of rotatable bonds is 7. The van der Waals surface area contributed by atoms with Crippen LogP contribution in [-0.4, -0.2) is 69.4 Å². The number of nitrogens with one attached hydrogen (secondary N) is 1. The van der Waals surface area contributed by atoms with Gasteiger partial charge in [0.05, 0.1) is 40.6 Å². The van der Waals surface area contributed by atoms with Crippen molar-refractivity contribution in [3.63, 3.8) is 0 Å². The number of carbonyl (C=O) groups excluding carboxylic acids is 2. The van der Waals surface area contributed by atoms with Gasteiger partial charge in [0.1, 0.15) is 39.3 Å². The summed E-state index contributed by atoms with van der Waals surface area (Å²) in [5, 5.41) is 11.9. The van der Waals surface area contributed by atoms with Crippen LogP contribution in [0, 0.1) is 58.8 Å². The number of fused-ring (bicyclic) bond motifs is 5. The minimum atomic E-state index is -3.70. The lowest BCUT2D eigenvalue weighted by molar-refractivity contribution is -0.286. The number of anilines is 1. The number of nitrogens with zero attached hydrogens (tertiary/aromatic N) is 8. The number of aromatic nitrogens is 7. The summed E-state index contributed by atoms with van der Waals surface area (Å²) < 4.78 is 112. The number of amides is 2. The summed E-state index contributed by atoms with van der Waals surface area (Å²) in [7, 11) is -0.953. The molecule has 8 heterocycles. The maximum atomic E-state index is 14.3. The minimum absolute atomic E-state index is 0. The van der Waals surface area contributed by atoms with Crippen molar-refractivity contribution in [3.8, 4) is 22.1 Å². The van der Waals surface area contributed by atoms with Crippen molar-refractivity contribution in [2.24, 2.45) is 34.3 Å². The molecule has 17 nitrogen and oxygen atoms in total. The van der Waals surface area contributed by atoms with Crippen LogP contribution in [0.15, 0.2) is 117 Å². The van der Waals surface area contributed by atoms with Gasteiger partial charge in [-0.3, -0.25) is 29.2 Å². The Kier molecular flexibility index (Phi) is 31.3. The number of hydrogen-bond acceptors (Lipinski definition) is 15. The molecule has 7 atom stereocenters. The fraction of sp³-hybridized carbons (Fsp3) is 0.564. The summed E-state index contributed by atoms with van der Waals surface area (Å²) in [5.41, 5.74) is 17.7. The smallest absolute Gasteiger partial charge is 0.395 e. The summed E-state index contributed by atoms with van der Waals surface area (Å²) in [6, 6.07) is 26.0. The van der Waals surface area contributed by atoms with Crippen LogP contribution in [0.25, 0.3) is 32.5 Å². The summed E-state index contributed by atoms with van der Waals surface area (Å²) in [6.45, 7) is 54.6. The second-order valence-electron chi connectivity index (χ2n) is 42.3. The quantitative estimate of drug-likeness (QED) is 0.142. The average molecular weight is 1780 g/mol. The van der Waals surface area contributed by atoms with Crippen molar-refractivity contribution in [1.82, 2.24) is 40.2 Å². The van der Waals surface area contributed by atoms with Crippen molar-refractivity contribution < 1.29 is 58.7 Å². The van der Waals surface area contributed by atoms with Gasteiger partial charge >= 0.3 is 6.29 Å². The summed E-state index contributed by atoms with van der Waals surface area (Å²) in [4.78, 5) is 42.9. The fourth-order valence-corrected chi connectivity index (χ4v) is 19.3. The summed E-state index contributed by atoms with van der Waals surface area (Å²) >= 11 is 1.80. The van der Waals surface area contributed by atoms with E-state index in [0.29, 0.717) is 63.2 Å². The first kappa shape index (κ1) is 101. The molecule has 0 spiro atoms. The number of imidazole rings is 1. The van der Waals surface area contributed by atoms with Gasteiger partial charge in [0.15, 0.2) is 34.7 Å². The molecule has 17 rings (SSSR count). The molecule has 126 heavy (non-hydrogen) atoms. The van der Waals surface area contributed by atoms with E-state index < -0.39 is 45.9 Å². The van der Waals surface area contributed by atoms with Gasteiger partial charge in [0, 0.05) is 96.1 Å². The molecule has 688 valence electrons. The Morgan fingerprint density at radius 1 is 0.667 bits per heavy atom. The third-order valence-electron chi connectivity index (χ3n) is 24.6. The monoisotopic (exact) mass is 1780 g/mol. The van der Waals surface area contributed by atoms with Crippen LogP contribution >= 0.6 is 11.3 Å². The summed E-state index contributed by atoms with van der Waals surface area (Å²) in [6.07, 6.45) is 17.4. The summed E-state index contributed by atoms with van der Waals surface area (Å²) in [5.74, 6) is 4.02. The fourth-order valence-electron chi connectivity index (χ4n) is 17.3. The van der Waals surface area contributed by atoms with Crippen LogP contribution in [-0.2, 0) is 54.5 Å². The SMILES string of the molecule is C.CC(C)(C)C12CCCC1C2.CC(C)(C)c1cc2c(cc1F)OC(F)(F)O2.CC(C)(C)c1nc2ccc(F)c(F)c2n1C1CCCC1.CC(C)C1CCCc2nc(-c3ccc(F)cc3)sc21.CC1CC(=O)NN1c1ncccc1C(C)(C)C.CC1CC1c1cc(C(C)(C)C)on1.CS(=O)c1ccc2c(C(C)(C)C)ccnc2c1.Cc1noc(C(C)(C)C)c1C(N)=O. The third kappa shape index (κ3) is 24.3. The molecule has 4 aromatic carbocycles. The Labute approximate surface area is 750 Å². The zero-order valence-corrected chi connectivity index (χ0v) is 80.3. The van der Waals surface area contributed by atoms with E-state index in [0.717, 1.165) is 117 Å². The normalized spacial score (nSPS) is 20.1. The molecule has 6 aromatic heterocycles. The van der Waals surface area contributed by atoms with Crippen LogP contribution in [0.3, 0.4) is 0 Å². The molecule has 4 saturated carbocycles. The van der Waals surface area contributed by atoms with Gasteiger partial charge in [-0.05, 0) is 200 Å². The molecule has 0 radical (unpaired) electrons. The topological polar surface area (TPSA) is 220 Å². The maximum Gasteiger partial charge on any atom is 0.586 e. The van der Waals surface area contributed by atoms with Crippen LogP contribution in [0.1, 0.15) is 342 Å². The van der Waals surface area contributed by atoms with E-state index >= 15 is 0 Å². The Morgan fingerprint density at radius 2 is 1.29 bits per heavy atom. The molecule has 2 aliphatic heterocycles. The zero-order chi connectivity index (χ0) is 92.6. The highest BCUT2D eigenvalue weighted by Crippen LogP contribution is 2.71. The predicted octanol–water partition coefficient (Wildman–Crippen LogP) is 26.8. The molecule has 5 aliphatic carbocycles. The standard InChI is InChI=1S/C16H20F2N2.C16H18FNS.C14H17NOS.C13H19N3O.C11H11F3O2.C11H17NO.C10H18.C9H14N2O2.CH4/c1-16(2,3)15-19-12-9-8-11(17)13(18)14(12)20(15)10-6-4-5-7-10;1-10(2)13-4-3-5-14-15(13)19-16(18-14)11-6-8-12(17)9-7-11;1-14(2,3)12-7-8-15-13-9-10(17(4)16)5-6-11(12)13;1-9-8-11(17)15-16(9)12-10(13(2,3)4)6-5-7-14-12;1-10(2,3)6-4-8-9(5-7(6)12)16-11(13,14)15-8;1-7-5-8(7)9-6-10(13-12-9)11(2,3)4;1-9(2,3)10-6-4-5-8(10)7-10;1-5-6(8(10)12)7(13-11-5)9(2,3)4;/h8-10H,4-7H2,1-3H3;6-10,13H,3-5H2,1-2H3;5-9H,1-4H3;5-7,9H,8H2,1-4H3,(H,15,17);4-5H,1-3H3;6-8H,5H2,1-4H3;8H,4-7H2,1-3H3;1-4H3,(H2,10,12);1H4. The lowest BCUT2D eigenvalue weighted by Crippen LogP contribution is -2.39. The largest absolute Gasteiger partial charge is 0.586 e. The number of hydrogen-bond donors (Lipinski definition) is 2. The number of benzene rings is 4. The third-order valence-corrected chi connectivity index (χ3v) is 26.8. The van der Waals surface area contributed by atoms with Crippen LogP contribution in [0.4, 0.5) is 32.2 Å². The van der Waals surface area contributed by atoms with Crippen molar-refractivity contribution in [1.29, 1.82) is 0 Å². The molecular formula is C101H138F6N10O7S2. The Morgan fingerprint density at radius 3 is 1.79 bits per heavy atom. The van der Waals surface area contributed by atoms with Gasteiger partial charge in [-0.15, -0.1) is 20.1 Å². The molecule has 5 fully saturated rings. The van der Waals surface area contributed by atoms with Crippen molar-refractivity contribution in [3.05, 3.63) is 188 Å². The lowest BCUT2D eigenvalue weighted by Gasteiger charge is -2.29. The number of alkyl halides is 2. The van der Waals surface area contributed by atoms with Gasteiger partial charge in [0.25, 0.3) is 5.91 Å². The first-order valence-corrected chi connectivity index (χ1v) is 46.5. The van der Waals surface area contributed by atoms with Crippen molar-refractivity contribution in [2.45, 2.75) is 339 Å². The van der Waals surface area contributed by atoms with E-state index in [1.807, 2.05) is 79.9 Å². The lowest BCUT2D eigenvalue weighted by atomic mass is 9.76. The Balaban J connectivity index is 0.000000164. The Hall–Kier alpha value is -8.97. The van der Waals surface area contributed by atoms with E-state index in [-0.39, 0.29) is 69.8 Å². The molecular weight excluding hydrogens is 1640 g/mol. The number of aryl methyl sites for hydroxylation is 2. The molecule has 1 saturated heterocycles. The average Bonchev–Trinajstić information content (AvgIpc) is 1.55. The molecule has 7 aliphatic rings. The van der Waals surface area contributed by atoms with E-state index in [9.17, 15) is 40.1 Å². The molecule has 10 aromatic rings. The number of ether oxygens (including phenoxy) is 2.